The second-order valence-corrected chi connectivity index (χ2v) is 7.88. The zero-order valence-electron chi connectivity index (χ0n) is 13.2. The Morgan fingerprint density at radius 1 is 1.25 bits per heavy atom. The van der Waals surface area contributed by atoms with Crippen LogP contribution in [0.3, 0.4) is 0 Å². The monoisotopic (exact) mass is 362 g/mol. The number of ether oxygens (including phenoxy) is 1. The van der Waals surface area contributed by atoms with Gasteiger partial charge in [0.1, 0.15) is 5.75 Å². The summed E-state index contributed by atoms with van der Waals surface area (Å²) >= 11 is 7.32. The van der Waals surface area contributed by atoms with E-state index in [1.807, 2.05) is 24.3 Å². The molecule has 1 N–H and O–H groups in total. The van der Waals surface area contributed by atoms with Crippen LogP contribution in [0, 0.1) is 5.92 Å². The number of thiophene rings is 1. The van der Waals surface area contributed by atoms with Crippen LogP contribution in [0.2, 0.25) is 5.02 Å². The number of nitrogens with zero attached hydrogens (tertiary/aromatic N) is 1. The fourth-order valence-corrected chi connectivity index (χ4v) is 4.47. The van der Waals surface area contributed by atoms with Crippen molar-refractivity contribution in [1.29, 1.82) is 0 Å². The first-order valence-corrected chi connectivity index (χ1v) is 9.43. The van der Waals surface area contributed by atoms with Gasteiger partial charge in [-0.15, -0.1) is 0 Å². The molecule has 3 aliphatic rings. The Hall–Kier alpha value is -1.56. The minimum atomic E-state index is -0.000283. The van der Waals surface area contributed by atoms with Gasteiger partial charge in [-0.1, -0.05) is 29.0 Å². The molecule has 1 unspecified atom stereocenters. The lowest BCUT2D eigenvalue weighted by atomic mass is 9.84. The molecule has 0 saturated carbocycles. The van der Waals surface area contributed by atoms with E-state index in [0.717, 1.165) is 6.54 Å². The molecule has 2 aromatic rings. The van der Waals surface area contributed by atoms with Crippen LogP contribution in [-0.4, -0.2) is 36.5 Å². The van der Waals surface area contributed by atoms with Crippen LogP contribution in [0.4, 0.5) is 0 Å². The summed E-state index contributed by atoms with van der Waals surface area (Å²) in [6.45, 7) is 3.33. The second kappa shape index (κ2) is 6.75. The summed E-state index contributed by atoms with van der Waals surface area (Å²) < 4.78 is 5.78. The van der Waals surface area contributed by atoms with Crippen molar-refractivity contribution in [1.82, 2.24) is 10.2 Å². The maximum Gasteiger partial charge on any atom is 0.261 e. The number of halogens is 1. The highest BCUT2D eigenvalue weighted by Gasteiger charge is 2.35. The van der Waals surface area contributed by atoms with E-state index in [1.165, 1.54) is 37.3 Å². The number of hydrogen-bond acceptors (Lipinski definition) is 4. The third-order valence-corrected chi connectivity index (χ3v) is 5.99. The number of fused-ring (bicyclic) bond motifs is 3. The molecule has 126 valence electrons. The molecule has 4 nitrogen and oxygen atoms in total. The Bertz CT molecular complexity index is 740. The average molecular weight is 363 g/mol. The first kappa shape index (κ1) is 15.9. The van der Waals surface area contributed by atoms with E-state index < -0.39 is 0 Å². The third-order valence-electron chi connectivity index (χ3n) is 4.79. The van der Waals surface area contributed by atoms with Gasteiger partial charge in [-0.25, -0.2) is 0 Å². The van der Waals surface area contributed by atoms with Crippen molar-refractivity contribution in [3.63, 3.8) is 0 Å². The minimum Gasteiger partial charge on any atom is -0.447 e. The quantitative estimate of drug-likeness (QED) is 0.893. The van der Waals surface area contributed by atoms with Crippen molar-refractivity contribution in [2.75, 3.05) is 19.6 Å². The minimum absolute atomic E-state index is 0.000283. The van der Waals surface area contributed by atoms with Crippen molar-refractivity contribution in [3.8, 4) is 10.8 Å². The number of amides is 1. The van der Waals surface area contributed by atoms with Gasteiger partial charge in [0.2, 0.25) is 0 Å². The summed E-state index contributed by atoms with van der Waals surface area (Å²) in [5, 5.41) is 4.53. The predicted molar refractivity (Wildman–Crippen MR) is 96.3 cm³/mol. The summed E-state index contributed by atoms with van der Waals surface area (Å²) in [6, 6.07) is 11.2. The lowest BCUT2D eigenvalue weighted by molar-refractivity contribution is 0.0622. The van der Waals surface area contributed by atoms with Gasteiger partial charge in [0.25, 0.3) is 5.91 Å². The Morgan fingerprint density at radius 2 is 2.08 bits per heavy atom. The summed E-state index contributed by atoms with van der Waals surface area (Å²) in [5.41, 5.74) is 0. The molecule has 0 spiro atoms. The summed E-state index contributed by atoms with van der Waals surface area (Å²) in [5.74, 6) is 1.30. The number of carbonyl (C=O) groups is 1. The second-order valence-electron chi connectivity index (χ2n) is 6.40. The van der Waals surface area contributed by atoms with Crippen LogP contribution in [0.5, 0.6) is 10.8 Å². The molecule has 3 saturated heterocycles. The molecule has 1 amide bonds. The summed E-state index contributed by atoms with van der Waals surface area (Å²) in [6.07, 6.45) is 2.39. The molecule has 0 radical (unpaired) electrons. The van der Waals surface area contributed by atoms with E-state index >= 15 is 0 Å². The maximum absolute atomic E-state index is 12.5. The largest absolute Gasteiger partial charge is 0.447 e. The van der Waals surface area contributed by atoms with Crippen LogP contribution >= 0.6 is 22.9 Å². The average Bonchev–Trinajstić information content (AvgIpc) is 3.05. The Balaban J connectivity index is 1.40. The number of carbonyl (C=O) groups excluding carboxylic acids is 1. The number of rotatable bonds is 4. The fraction of sp³-hybridized carbons (Fsp3) is 0.389. The molecular weight excluding hydrogens is 344 g/mol. The zero-order chi connectivity index (χ0) is 16.5. The molecule has 2 bridgehead atoms. The van der Waals surface area contributed by atoms with E-state index in [9.17, 15) is 4.79 Å². The molecule has 1 atom stereocenters. The van der Waals surface area contributed by atoms with Crippen molar-refractivity contribution in [2.24, 2.45) is 5.92 Å². The van der Waals surface area contributed by atoms with E-state index in [0.29, 0.717) is 26.6 Å². The Kier molecular flexibility index (Phi) is 4.48. The van der Waals surface area contributed by atoms with E-state index in [-0.39, 0.29) is 11.9 Å². The topological polar surface area (TPSA) is 41.6 Å². The highest BCUT2D eigenvalue weighted by molar-refractivity contribution is 7.15. The number of hydrogen-bond donors (Lipinski definition) is 1. The summed E-state index contributed by atoms with van der Waals surface area (Å²) in [4.78, 5) is 15.6. The number of benzene rings is 1. The van der Waals surface area contributed by atoms with Crippen LogP contribution < -0.4 is 10.1 Å². The molecule has 4 heterocycles. The van der Waals surface area contributed by atoms with Gasteiger partial charge in [0.15, 0.2) is 5.06 Å². The molecule has 5 rings (SSSR count). The van der Waals surface area contributed by atoms with Gasteiger partial charge in [0, 0.05) is 17.6 Å². The van der Waals surface area contributed by atoms with Crippen molar-refractivity contribution in [2.45, 2.75) is 18.9 Å². The van der Waals surface area contributed by atoms with Crippen LogP contribution in [0.15, 0.2) is 36.4 Å². The van der Waals surface area contributed by atoms with Crippen LogP contribution in [-0.2, 0) is 0 Å². The molecular formula is C18H19ClN2O2S. The van der Waals surface area contributed by atoms with Crippen molar-refractivity contribution in [3.05, 3.63) is 46.3 Å². The first-order valence-electron chi connectivity index (χ1n) is 8.24. The van der Waals surface area contributed by atoms with Gasteiger partial charge in [0.05, 0.1) is 4.88 Å². The van der Waals surface area contributed by atoms with E-state index in [4.69, 9.17) is 16.3 Å². The molecule has 0 aliphatic carbocycles. The highest BCUT2D eigenvalue weighted by Crippen LogP contribution is 2.32. The van der Waals surface area contributed by atoms with Gasteiger partial charge >= 0.3 is 0 Å². The standard InChI is InChI=1S/C18H19ClN2O2S/c19-13-2-1-3-14(10-13)23-17-5-4-16(24-17)18(22)20-15-11-21-8-6-12(15)7-9-21/h1-5,10,12,15H,6-9,11H2,(H,20,22). The van der Waals surface area contributed by atoms with Gasteiger partial charge in [-0.2, -0.15) is 0 Å². The molecule has 1 aromatic heterocycles. The Morgan fingerprint density at radius 3 is 2.79 bits per heavy atom. The zero-order valence-corrected chi connectivity index (χ0v) is 14.8. The van der Waals surface area contributed by atoms with Crippen molar-refractivity contribution < 1.29 is 9.53 Å². The van der Waals surface area contributed by atoms with Crippen LogP contribution in [0.25, 0.3) is 0 Å². The Labute approximate surface area is 150 Å². The predicted octanol–water partition coefficient (Wildman–Crippen LogP) is 4.02. The van der Waals surface area contributed by atoms with Crippen LogP contribution in [0.1, 0.15) is 22.5 Å². The normalized spacial score (nSPS) is 25.5. The van der Waals surface area contributed by atoms with Crippen molar-refractivity contribution >= 4 is 28.8 Å². The molecule has 3 aliphatic heterocycles. The maximum atomic E-state index is 12.5. The molecule has 6 heteroatoms. The number of piperidine rings is 3. The molecule has 1 aromatic carbocycles. The highest BCUT2D eigenvalue weighted by atomic mass is 35.5. The fourth-order valence-electron chi connectivity index (χ4n) is 3.51. The third kappa shape index (κ3) is 3.43. The molecule has 24 heavy (non-hydrogen) atoms. The van der Waals surface area contributed by atoms with E-state index in [2.05, 4.69) is 10.2 Å². The van der Waals surface area contributed by atoms with Gasteiger partial charge < -0.3 is 15.0 Å². The first-order chi connectivity index (χ1) is 11.7. The lowest BCUT2D eigenvalue weighted by Crippen LogP contribution is -2.57. The van der Waals surface area contributed by atoms with Gasteiger partial charge in [-0.3, -0.25) is 4.79 Å². The summed E-state index contributed by atoms with van der Waals surface area (Å²) in [7, 11) is 0. The lowest BCUT2D eigenvalue weighted by Gasteiger charge is -2.44. The SMILES string of the molecule is O=C(NC1CN2CCC1CC2)c1ccc(Oc2cccc(Cl)c2)s1. The van der Waals surface area contributed by atoms with E-state index in [1.54, 1.807) is 12.1 Å². The number of nitrogens with one attached hydrogen (secondary N) is 1. The smallest absolute Gasteiger partial charge is 0.261 e. The van der Waals surface area contributed by atoms with Gasteiger partial charge in [-0.05, 0) is 62.2 Å². The molecule has 3 fully saturated rings.